The molecule has 1 saturated carbocycles. The third kappa shape index (κ3) is 4.12. The molecule has 0 aliphatic heterocycles. The molecule has 2 aromatic heterocycles. The minimum absolute atomic E-state index is 0.178. The van der Waals surface area contributed by atoms with Crippen LogP contribution in [0.2, 0.25) is 5.02 Å². The van der Waals surface area contributed by atoms with E-state index in [1.807, 2.05) is 12.1 Å². The van der Waals surface area contributed by atoms with E-state index in [2.05, 4.69) is 16.1 Å². The van der Waals surface area contributed by atoms with Crippen LogP contribution >= 0.6 is 11.6 Å². The van der Waals surface area contributed by atoms with Gasteiger partial charge < -0.3 is 14.2 Å². The van der Waals surface area contributed by atoms with Gasteiger partial charge in [-0.2, -0.15) is 0 Å². The number of aromatic nitrogens is 3. The molecule has 0 unspecified atom stereocenters. The van der Waals surface area contributed by atoms with E-state index >= 15 is 0 Å². The van der Waals surface area contributed by atoms with Gasteiger partial charge in [0.05, 0.1) is 19.2 Å². The zero-order valence-electron chi connectivity index (χ0n) is 16.3. The van der Waals surface area contributed by atoms with Crippen molar-refractivity contribution < 1.29 is 9.53 Å². The van der Waals surface area contributed by atoms with Crippen LogP contribution in [0, 0.1) is 5.92 Å². The van der Waals surface area contributed by atoms with Crippen LogP contribution in [0.25, 0.3) is 11.2 Å². The van der Waals surface area contributed by atoms with Gasteiger partial charge in [-0.05, 0) is 49.1 Å². The van der Waals surface area contributed by atoms with E-state index in [1.165, 1.54) is 12.8 Å². The van der Waals surface area contributed by atoms with Gasteiger partial charge in [0.2, 0.25) is 0 Å². The van der Waals surface area contributed by atoms with E-state index in [1.54, 1.807) is 42.5 Å². The Balaban J connectivity index is 1.69. The Morgan fingerprint density at radius 1 is 1.41 bits per heavy atom. The van der Waals surface area contributed by atoms with Gasteiger partial charge in [-0.3, -0.25) is 4.79 Å². The van der Waals surface area contributed by atoms with Gasteiger partial charge in [-0.15, -0.1) is 6.58 Å². The zero-order valence-corrected chi connectivity index (χ0v) is 17.1. The highest BCUT2D eigenvalue weighted by molar-refractivity contribution is 6.31. The molecule has 6 nitrogen and oxygen atoms in total. The summed E-state index contributed by atoms with van der Waals surface area (Å²) in [7, 11) is 1.54. The standard InChI is InChI=1S/C22H23ClN4O2/c1-3-11-26(22(28)17-12-16(23)8-9-19(17)29-2)14-20-25-18-5-4-10-24-21(18)27(20)13-15-6-7-15/h3-5,8-10,12,15H,1,6-7,11,13-14H2,2H3. The highest BCUT2D eigenvalue weighted by Crippen LogP contribution is 2.32. The topological polar surface area (TPSA) is 60.2 Å². The molecule has 2 heterocycles. The fourth-order valence-corrected chi connectivity index (χ4v) is 3.61. The molecule has 1 aliphatic carbocycles. The minimum atomic E-state index is -0.178. The Morgan fingerprint density at radius 2 is 2.24 bits per heavy atom. The average molecular weight is 411 g/mol. The summed E-state index contributed by atoms with van der Waals surface area (Å²) in [4.78, 5) is 24.3. The molecular formula is C22H23ClN4O2. The number of amides is 1. The molecule has 4 rings (SSSR count). The fourth-order valence-electron chi connectivity index (χ4n) is 3.44. The Hall–Kier alpha value is -2.86. The first-order valence-corrected chi connectivity index (χ1v) is 10.0. The normalized spacial score (nSPS) is 13.4. The van der Waals surface area contributed by atoms with Crippen LogP contribution in [0.5, 0.6) is 5.75 Å². The molecule has 0 spiro atoms. The third-order valence-electron chi connectivity index (χ3n) is 5.08. The minimum Gasteiger partial charge on any atom is -0.496 e. The van der Waals surface area contributed by atoms with E-state index < -0.39 is 0 Å². The van der Waals surface area contributed by atoms with Crippen molar-refractivity contribution in [3.05, 3.63) is 65.6 Å². The molecule has 0 N–H and O–H groups in total. The first kappa shape index (κ1) is 19.5. The van der Waals surface area contributed by atoms with Crippen molar-refractivity contribution in [3.63, 3.8) is 0 Å². The fraction of sp³-hybridized carbons (Fsp3) is 0.318. The number of halogens is 1. The summed E-state index contributed by atoms with van der Waals surface area (Å²) in [5.41, 5.74) is 2.13. The molecule has 1 amide bonds. The smallest absolute Gasteiger partial charge is 0.258 e. The van der Waals surface area contributed by atoms with Crippen molar-refractivity contribution >= 4 is 28.7 Å². The number of benzene rings is 1. The number of pyridine rings is 1. The second-order valence-corrected chi connectivity index (χ2v) is 7.68. The van der Waals surface area contributed by atoms with E-state index in [9.17, 15) is 4.79 Å². The molecule has 1 aromatic carbocycles. The lowest BCUT2D eigenvalue weighted by Crippen LogP contribution is -2.32. The highest BCUT2D eigenvalue weighted by Gasteiger charge is 2.27. The van der Waals surface area contributed by atoms with E-state index in [4.69, 9.17) is 21.3 Å². The van der Waals surface area contributed by atoms with Crippen LogP contribution in [-0.2, 0) is 13.1 Å². The number of hydrogen-bond donors (Lipinski definition) is 0. The van der Waals surface area contributed by atoms with Gasteiger partial charge in [0.15, 0.2) is 5.65 Å². The van der Waals surface area contributed by atoms with Crippen LogP contribution in [0.15, 0.2) is 49.2 Å². The molecule has 1 aliphatic rings. The van der Waals surface area contributed by atoms with Crippen molar-refractivity contribution in [2.45, 2.75) is 25.9 Å². The summed E-state index contributed by atoms with van der Waals surface area (Å²) < 4.78 is 7.51. The number of nitrogens with zero attached hydrogens (tertiary/aromatic N) is 4. The summed E-state index contributed by atoms with van der Waals surface area (Å²) in [5.74, 6) is 1.79. The highest BCUT2D eigenvalue weighted by atomic mass is 35.5. The molecule has 0 atom stereocenters. The largest absolute Gasteiger partial charge is 0.496 e. The maximum Gasteiger partial charge on any atom is 0.258 e. The van der Waals surface area contributed by atoms with E-state index in [0.29, 0.717) is 35.3 Å². The zero-order chi connectivity index (χ0) is 20.4. The maximum absolute atomic E-state index is 13.3. The van der Waals surface area contributed by atoms with Crippen molar-refractivity contribution in [1.82, 2.24) is 19.4 Å². The summed E-state index contributed by atoms with van der Waals surface area (Å²) in [5, 5.41) is 0.484. The van der Waals surface area contributed by atoms with Gasteiger partial charge >= 0.3 is 0 Å². The number of rotatable bonds is 8. The third-order valence-corrected chi connectivity index (χ3v) is 5.32. The number of ether oxygens (including phenoxy) is 1. The first-order valence-electron chi connectivity index (χ1n) is 9.64. The van der Waals surface area contributed by atoms with Gasteiger partial charge in [0.25, 0.3) is 5.91 Å². The number of hydrogen-bond acceptors (Lipinski definition) is 4. The Morgan fingerprint density at radius 3 is 2.97 bits per heavy atom. The summed E-state index contributed by atoms with van der Waals surface area (Å²) >= 11 is 6.13. The van der Waals surface area contributed by atoms with Crippen LogP contribution in [0.4, 0.5) is 0 Å². The van der Waals surface area contributed by atoms with Gasteiger partial charge in [0, 0.05) is 24.3 Å². The van der Waals surface area contributed by atoms with Crippen molar-refractivity contribution in [3.8, 4) is 5.75 Å². The maximum atomic E-state index is 13.3. The predicted octanol–water partition coefficient (Wildman–Crippen LogP) is 4.33. The van der Waals surface area contributed by atoms with E-state index in [0.717, 1.165) is 23.5 Å². The van der Waals surface area contributed by atoms with Gasteiger partial charge in [0.1, 0.15) is 17.1 Å². The molecule has 29 heavy (non-hydrogen) atoms. The van der Waals surface area contributed by atoms with Crippen LogP contribution in [0.1, 0.15) is 29.0 Å². The Kier molecular flexibility index (Phi) is 5.53. The molecule has 0 saturated heterocycles. The number of imidazole rings is 1. The summed E-state index contributed by atoms with van der Waals surface area (Å²) in [6, 6.07) is 8.87. The second-order valence-electron chi connectivity index (χ2n) is 7.25. The molecule has 0 bridgehead atoms. The quantitative estimate of drug-likeness (QED) is 0.518. The predicted molar refractivity (Wildman–Crippen MR) is 113 cm³/mol. The lowest BCUT2D eigenvalue weighted by Gasteiger charge is -2.22. The molecule has 7 heteroatoms. The molecular weight excluding hydrogens is 388 g/mol. The lowest BCUT2D eigenvalue weighted by atomic mass is 10.1. The Bertz CT molecular complexity index is 1060. The van der Waals surface area contributed by atoms with Gasteiger partial charge in [-0.1, -0.05) is 17.7 Å². The SMILES string of the molecule is C=CCN(Cc1nc2cccnc2n1CC1CC1)C(=O)c1cc(Cl)ccc1OC. The molecule has 150 valence electrons. The average Bonchev–Trinajstić information content (AvgIpc) is 3.49. The van der Waals surface area contributed by atoms with Crippen LogP contribution in [-0.4, -0.2) is 39.0 Å². The van der Waals surface area contributed by atoms with Crippen molar-refractivity contribution in [1.29, 1.82) is 0 Å². The Labute approximate surface area is 174 Å². The summed E-state index contributed by atoms with van der Waals surface area (Å²) in [6.45, 7) is 5.42. The summed E-state index contributed by atoms with van der Waals surface area (Å²) in [6.07, 6.45) is 5.93. The van der Waals surface area contributed by atoms with Crippen LogP contribution in [0.3, 0.4) is 0 Å². The second kappa shape index (κ2) is 8.25. The lowest BCUT2D eigenvalue weighted by molar-refractivity contribution is 0.0753. The molecule has 3 aromatic rings. The van der Waals surface area contributed by atoms with Gasteiger partial charge in [-0.25, -0.2) is 9.97 Å². The number of methoxy groups -OCH3 is 1. The van der Waals surface area contributed by atoms with Crippen LogP contribution < -0.4 is 4.74 Å². The molecule has 1 fully saturated rings. The number of carbonyl (C=O) groups excluding carboxylic acids is 1. The first-order chi connectivity index (χ1) is 14.1. The number of fused-ring (bicyclic) bond motifs is 1. The van der Waals surface area contributed by atoms with E-state index in [-0.39, 0.29) is 5.91 Å². The monoisotopic (exact) mass is 410 g/mol. The van der Waals surface area contributed by atoms with Crippen molar-refractivity contribution in [2.75, 3.05) is 13.7 Å². The van der Waals surface area contributed by atoms with Crippen molar-refractivity contribution in [2.24, 2.45) is 5.92 Å². The molecule has 0 radical (unpaired) electrons. The number of carbonyl (C=O) groups is 1.